The smallest absolute Gasteiger partial charge is 0.267 e. The first kappa shape index (κ1) is 30.2. The monoisotopic (exact) mass is 617 g/mol. The number of aliphatic imine (C=N–C) groups is 1. The quantitative estimate of drug-likeness (QED) is 0.180. The summed E-state index contributed by atoms with van der Waals surface area (Å²) in [7, 11) is 1.60. The van der Waals surface area contributed by atoms with Crippen molar-refractivity contribution in [3.05, 3.63) is 130 Å². The van der Waals surface area contributed by atoms with Crippen LogP contribution < -0.4 is 9.47 Å². The molecule has 2 aliphatic heterocycles. The molecule has 0 saturated carbocycles. The van der Waals surface area contributed by atoms with Gasteiger partial charge < -0.3 is 14.4 Å². The fourth-order valence-electron chi connectivity index (χ4n) is 5.34. The molecule has 228 valence electrons. The summed E-state index contributed by atoms with van der Waals surface area (Å²) < 4.78 is 11.8. The predicted octanol–water partition coefficient (Wildman–Crippen LogP) is 7.70. The maximum absolute atomic E-state index is 13.6. The highest BCUT2D eigenvalue weighted by molar-refractivity contribution is 8.18. The minimum Gasteiger partial charge on any atom is -0.493 e. The Hall–Kier alpha value is -4.82. The molecule has 0 spiro atoms. The second-order valence-corrected chi connectivity index (χ2v) is 12.0. The summed E-state index contributed by atoms with van der Waals surface area (Å²) in [5.74, 6) is 1.15. The first-order valence-electron chi connectivity index (χ1n) is 15.2. The van der Waals surface area contributed by atoms with E-state index in [2.05, 4.69) is 0 Å². The van der Waals surface area contributed by atoms with Crippen molar-refractivity contribution in [2.24, 2.45) is 4.99 Å². The number of carbonyl (C=O) groups excluding carboxylic acids is 2. The maximum atomic E-state index is 13.6. The molecule has 2 heterocycles. The van der Waals surface area contributed by atoms with Crippen LogP contribution in [0.3, 0.4) is 0 Å². The van der Waals surface area contributed by atoms with Gasteiger partial charge in [-0.2, -0.15) is 0 Å². The number of rotatable bonds is 9. The SMILES string of the molecule is COc1cc(/C=C2\SC(=Nc3ccccc3)N(Cc3ccccc3)C2=O)ccc1OCc1ccc(C(=O)N2CCCCC2)cc1. The first-order valence-corrected chi connectivity index (χ1v) is 16.0. The van der Waals surface area contributed by atoms with Gasteiger partial charge >= 0.3 is 0 Å². The van der Waals surface area contributed by atoms with E-state index >= 15 is 0 Å². The second kappa shape index (κ2) is 14.3. The van der Waals surface area contributed by atoms with Crippen LogP contribution in [-0.4, -0.2) is 47.0 Å². The van der Waals surface area contributed by atoms with Crippen LogP contribution in [0.15, 0.2) is 113 Å². The van der Waals surface area contributed by atoms with E-state index in [1.54, 1.807) is 12.0 Å². The number of carbonyl (C=O) groups is 2. The Balaban J connectivity index is 1.16. The van der Waals surface area contributed by atoms with Crippen molar-refractivity contribution in [1.82, 2.24) is 9.80 Å². The topological polar surface area (TPSA) is 71.4 Å². The van der Waals surface area contributed by atoms with Crippen molar-refractivity contribution in [2.45, 2.75) is 32.4 Å². The van der Waals surface area contributed by atoms with Crippen molar-refractivity contribution in [1.29, 1.82) is 0 Å². The Bertz CT molecular complexity index is 1700. The highest BCUT2D eigenvalue weighted by Gasteiger charge is 2.33. The Kier molecular flexibility index (Phi) is 9.61. The van der Waals surface area contributed by atoms with Crippen LogP contribution in [0.4, 0.5) is 5.69 Å². The minimum absolute atomic E-state index is 0.0918. The number of ether oxygens (including phenoxy) is 2. The highest BCUT2D eigenvalue weighted by atomic mass is 32.2. The van der Waals surface area contributed by atoms with E-state index in [4.69, 9.17) is 14.5 Å². The summed E-state index contributed by atoms with van der Waals surface area (Å²) in [4.78, 5) is 35.5. The average molecular weight is 618 g/mol. The zero-order chi connectivity index (χ0) is 31.0. The van der Waals surface area contributed by atoms with E-state index in [-0.39, 0.29) is 11.8 Å². The van der Waals surface area contributed by atoms with E-state index in [1.807, 2.05) is 114 Å². The third-order valence-electron chi connectivity index (χ3n) is 7.78. The van der Waals surface area contributed by atoms with Gasteiger partial charge in [0.05, 0.1) is 24.2 Å². The highest BCUT2D eigenvalue weighted by Crippen LogP contribution is 2.37. The number of methoxy groups -OCH3 is 1. The largest absolute Gasteiger partial charge is 0.493 e. The zero-order valence-corrected chi connectivity index (χ0v) is 26.0. The van der Waals surface area contributed by atoms with Gasteiger partial charge in [-0.3, -0.25) is 14.5 Å². The Morgan fingerprint density at radius 3 is 2.27 bits per heavy atom. The third-order valence-corrected chi connectivity index (χ3v) is 8.78. The number of nitrogens with zero attached hydrogens (tertiary/aromatic N) is 3. The molecule has 0 unspecified atom stereocenters. The van der Waals surface area contributed by atoms with Gasteiger partial charge in [0, 0.05) is 18.7 Å². The summed E-state index contributed by atoms with van der Waals surface area (Å²) in [6.07, 6.45) is 5.20. The molecule has 0 aliphatic carbocycles. The molecule has 2 aliphatic rings. The standard InChI is InChI=1S/C37H35N3O4S/c1-43-33-23-29(17-20-32(33)44-26-28-15-18-30(19-16-28)35(41)39-21-9-4-10-22-39)24-34-36(42)40(25-27-11-5-2-6-12-27)37(45-34)38-31-13-7-3-8-14-31/h2-3,5-8,11-20,23-24H,4,9-10,21-22,25-26H2,1H3/b34-24-,38-37?. The number of amides is 2. The van der Waals surface area contributed by atoms with Gasteiger partial charge in [0.15, 0.2) is 16.7 Å². The summed E-state index contributed by atoms with van der Waals surface area (Å²) >= 11 is 1.36. The molecule has 4 aromatic carbocycles. The van der Waals surface area contributed by atoms with Crippen LogP contribution in [0.2, 0.25) is 0 Å². The molecule has 0 bridgehead atoms. The zero-order valence-electron chi connectivity index (χ0n) is 25.2. The Morgan fingerprint density at radius 2 is 1.56 bits per heavy atom. The lowest BCUT2D eigenvalue weighted by atomic mass is 10.1. The summed E-state index contributed by atoms with van der Waals surface area (Å²) in [6.45, 7) is 2.42. The van der Waals surface area contributed by atoms with Crippen molar-refractivity contribution in [3.8, 4) is 11.5 Å². The molecule has 4 aromatic rings. The van der Waals surface area contributed by atoms with E-state index in [1.165, 1.54) is 18.2 Å². The van der Waals surface area contributed by atoms with Crippen molar-refractivity contribution < 1.29 is 19.1 Å². The molecule has 0 atom stereocenters. The van der Waals surface area contributed by atoms with Crippen LogP contribution in [0.5, 0.6) is 11.5 Å². The molecular formula is C37H35N3O4S. The lowest BCUT2D eigenvalue weighted by Crippen LogP contribution is -2.35. The van der Waals surface area contributed by atoms with Gasteiger partial charge in [-0.25, -0.2) is 4.99 Å². The molecule has 6 rings (SSSR count). The Morgan fingerprint density at radius 1 is 0.844 bits per heavy atom. The maximum Gasteiger partial charge on any atom is 0.267 e. The van der Waals surface area contributed by atoms with Crippen LogP contribution in [-0.2, 0) is 17.9 Å². The second-order valence-electron chi connectivity index (χ2n) is 11.0. The minimum atomic E-state index is -0.0972. The fourth-order valence-corrected chi connectivity index (χ4v) is 6.34. The average Bonchev–Trinajstić information content (AvgIpc) is 3.37. The molecule has 2 amide bonds. The lowest BCUT2D eigenvalue weighted by molar-refractivity contribution is -0.122. The number of para-hydroxylation sites is 1. The summed E-state index contributed by atoms with van der Waals surface area (Å²) in [6, 6.07) is 32.8. The molecular weight excluding hydrogens is 582 g/mol. The number of amidine groups is 1. The predicted molar refractivity (Wildman–Crippen MR) is 180 cm³/mol. The number of hydrogen-bond acceptors (Lipinski definition) is 6. The lowest BCUT2D eigenvalue weighted by Gasteiger charge is -2.26. The van der Waals surface area contributed by atoms with E-state index in [9.17, 15) is 9.59 Å². The normalized spacial score (nSPS) is 16.8. The number of likely N-dealkylation sites (tertiary alicyclic amines) is 1. The number of thioether (sulfide) groups is 1. The number of hydrogen-bond donors (Lipinski definition) is 0. The molecule has 0 aromatic heterocycles. The van der Waals surface area contributed by atoms with Crippen LogP contribution in [0, 0.1) is 0 Å². The molecule has 0 N–H and O–H groups in total. The van der Waals surface area contributed by atoms with Gasteiger partial charge in [-0.05, 0) is 90.2 Å². The first-order chi connectivity index (χ1) is 22.1. The Labute approximate surface area is 268 Å². The van der Waals surface area contributed by atoms with Gasteiger partial charge in [-0.1, -0.05) is 66.7 Å². The molecule has 2 saturated heterocycles. The summed E-state index contributed by atoms with van der Waals surface area (Å²) in [5, 5.41) is 0.636. The molecule has 0 radical (unpaired) electrons. The van der Waals surface area contributed by atoms with Gasteiger partial charge in [0.2, 0.25) is 0 Å². The molecule has 7 nitrogen and oxygen atoms in total. The molecule has 45 heavy (non-hydrogen) atoms. The van der Waals surface area contributed by atoms with E-state index < -0.39 is 0 Å². The molecule has 2 fully saturated rings. The van der Waals surface area contributed by atoms with Gasteiger partial charge in [0.25, 0.3) is 11.8 Å². The van der Waals surface area contributed by atoms with Crippen molar-refractivity contribution in [3.63, 3.8) is 0 Å². The van der Waals surface area contributed by atoms with Crippen molar-refractivity contribution in [2.75, 3.05) is 20.2 Å². The van der Waals surface area contributed by atoms with Gasteiger partial charge in [-0.15, -0.1) is 0 Å². The van der Waals surface area contributed by atoms with Crippen LogP contribution >= 0.6 is 11.8 Å². The number of piperidine rings is 1. The van der Waals surface area contributed by atoms with E-state index in [0.29, 0.717) is 40.3 Å². The number of benzene rings is 4. The fraction of sp³-hybridized carbons (Fsp3) is 0.216. The molecule has 8 heteroatoms. The van der Waals surface area contributed by atoms with E-state index in [0.717, 1.165) is 48.3 Å². The third kappa shape index (κ3) is 7.46. The van der Waals surface area contributed by atoms with Crippen LogP contribution in [0.25, 0.3) is 6.08 Å². The summed E-state index contributed by atoms with van der Waals surface area (Å²) in [5.41, 5.74) is 4.29. The van der Waals surface area contributed by atoms with Crippen molar-refractivity contribution >= 4 is 40.5 Å². The van der Waals surface area contributed by atoms with Gasteiger partial charge in [0.1, 0.15) is 6.61 Å². The van der Waals surface area contributed by atoms with Crippen LogP contribution in [0.1, 0.15) is 46.3 Å².